The van der Waals surface area contributed by atoms with Gasteiger partial charge in [0.1, 0.15) is 17.9 Å². The van der Waals surface area contributed by atoms with Gasteiger partial charge in [-0.1, -0.05) is 24.3 Å². The molecule has 5 aliphatic heterocycles. The van der Waals surface area contributed by atoms with E-state index in [0.29, 0.717) is 79.7 Å². The van der Waals surface area contributed by atoms with E-state index >= 15 is 0 Å². The zero-order chi connectivity index (χ0) is 45.9. The first-order valence-corrected chi connectivity index (χ1v) is 25.2. The summed E-state index contributed by atoms with van der Waals surface area (Å²) in [6, 6.07) is 21.3. The number of hydrogen-bond donors (Lipinski definition) is 3. The van der Waals surface area contributed by atoms with Crippen molar-refractivity contribution in [2.45, 2.75) is 74.9 Å². The summed E-state index contributed by atoms with van der Waals surface area (Å²) in [5, 5.41) is 16.5. The summed E-state index contributed by atoms with van der Waals surface area (Å²) < 4.78 is 48.2. The number of anilines is 4. The number of hydrogen-bond acceptors (Lipinski definition) is 14. The topological polar surface area (TPSA) is 188 Å². The molecule has 3 saturated heterocycles. The standard InChI is InChI=1S/C49H57N9O8S/c1-32-6-2-3-7-38(32)40-8-4-15-56(40)36-28-49(29-36)12-17-55(18-13-49)35-9-10-39(41(25-35)57-16-5-21-65-48-43(57)24-33-11-14-50-46(33)52-48)47(59)53-67(62,63)37-26-42(58(60)61)45-44(27-37)66-31-34(51-45)30-54-19-22-64-23-20-54/h2-3,6-7,9-11,14,24-27,34,36,40,51H,4-5,8,12-13,15-23,28-31H2,1H3,(H,50,52)(H,53,59)/t34-,40+/m1/s1. The molecular formula is C49H57N9O8S. The first-order valence-electron chi connectivity index (χ1n) is 23.7. The van der Waals surface area contributed by atoms with Crippen LogP contribution in [0, 0.1) is 22.5 Å². The van der Waals surface area contributed by atoms with Crippen LogP contribution >= 0.6 is 0 Å². The van der Waals surface area contributed by atoms with Crippen molar-refractivity contribution in [2.75, 3.05) is 87.4 Å². The fourth-order valence-corrected chi connectivity index (χ4v) is 12.5. The number of nitro groups is 1. The Hall–Kier alpha value is -5.95. The SMILES string of the molecule is Cc1ccccc1[C@@H]1CCCN1C1CC2(CCN(c3ccc(C(=O)NS(=O)(=O)c4cc5c(c([N+](=O)[O-])c4)N[C@H](CN4CCOCC4)CO5)c(N4CCCOc5nc6[nH]ccc6cc54)c3)CC2)C1. The lowest BCUT2D eigenvalue weighted by Crippen LogP contribution is -2.54. The molecule has 2 aromatic heterocycles. The molecule has 1 aliphatic carbocycles. The molecule has 3 aromatic carbocycles. The normalized spacial score (nSPS) is 22.2. The van der Waals surface area contributed by atoms with Crippen LogP contribution in [0.15, 0.2) is 77.8 Å². The highest BCUT2D eigenvalue weighted by atomic mass is 32.2. The molecule has 6 aliphatic rings. The van der Waals surface area contributed by atoms with Gasteiger partial charge < -0.3 is 34.3 Å². The molecule has 11 rings (SSSR count). The van der Waals surface area contributed by atoms with E-state index in [1.165, 1.54) is 42.9 Å². The van der Waals surface area contributed by atoms with Crippen molar-refractivity contribution in [1.82, 2.24) is 24.5 Å². The monoisotopic (exact) mass is 931 g/mol. The number of fused-ring (bicyclic) bond motifs is 3. The third kappa shape index (κ3) is 8.42. The number of carbonyl (C=O) groups excluding carboxylic acids is 1. The van der Waals surface area contributed by atoms with Crippen LogP contribution in [0.1, 0.15) is 72.5 Å². The Morgan fingerprint density at radius 1 is 0.940 bits per heavy atom. The number of carbonyl (C=O) groups is 1. The Labute approximate surface area is 389 Å². The van der Waals surface area contributed by atoms with Crippen LogP contribution in [0.3, 0.4) is 0 Å². The Bertz CT molecular complexity index is 2820. The molecule has 1 spiro atoms. The number of likely N-dealkylation sites (tertiary alicyclic amines) is 1. The Balaban J connectivity index is 0.854. The van der Waals surface area contributed by atoms with Crippen molar-refractivity contribution in [3.05, 3.63) is 99.7 Å². The van der Waals surface area contributed by atoms with Crippen LogP contribution in [0.25, 0.3) is 11.0 Å². The summed E-state index contributed by atoms with van der Waals surface area (Å²) in [5.41, 5.74) is 5.67. The zero-order valence-electron chi connectivity index (χ0n) is 37.7. The van der Waals surface area contributed by atoms with Gasteiger partial charge in [-0.15, -0.1) is 0 Å². The van der Waals surface area contributed by atoms with E-state index in [0.717, 1.165) is 62.7 Å². The minimum Gasteiger partial charge on any atom is -0.489 e. The number of H-pyrrole nitrogens is 1. The van der Waals surface area contributed by atoms with Gasteiger partial charge in [-0.05, 0) is 105 Å². The van der Waals surface area contributed by atoms with Gasteiger partial charge in [-0.3, -0.25) is 24.7 Å². The van der Waals surface area contributed by atoms with Crippen molar-refractivity contribution in [1.29, 1.82) is 0 Å². The lowest BCUT2D eigenvalue weighted by Gasteiger charge is -2.56. The highest BCUT2D eigenvalue weighted by Gasteiger charge is 2.50. The van der Waals surface area contributed by atoms with Crippen molar-refractivity contribution >= 4 is 55.4 Å². The first-order chi connectivity index (χ1) is 32.5. The smallest absolute Gasteiger partial charge is 0.297 e. The molecule has 1 saturated carbocycles. The van der Waals surface area contributed by atoms with E-state index in [1.807, 2.05) is 35.4 Å². The second-order valence-corrected chi connectivity index (χ2v) is 20.8. The number of morpholine rings is 1. The van der Waals surface area contributed by atoms with Gasteiger partial charge in [-0.2, -0.15) is 4.98 Å². The molecule has 0 bridgehead atoms. The predicted molar refractivity (Wildman–Crippen MR) is 254 cm³/mol. The van der Waals surface area contributed by atoms with Gasteiger partial charge in [-0.25, -0.2) is 13.1 Å². The fraction of sp³-hybridized carbons (Fsp3) is 0.469. The molecular weight excluding hydrogens is 875 g/mol. The third-order valence-electron chi connectivity index (χ3n) is 15.1. The van der Waals surface area contributed by atoms with Crippen LogP contribution < -0.4 is 29.3 Å². The van der Waals surface area contributed by atoms with E-state index in [1.54, 1.807) is 6.07 Å². The van der Waals surface area contributed by atoms with Gasteiger partial charge in [0.2, 0.25) is 5.88 Å². The number of nitrogens with one attached hydrogen (secondary N) is 3. The maximum atomic E-state index is 14.5. The largest absolute Gasteiger partial charge is 0.489 e. The number of nitrogens with zero attached hydrogens (tertiary/aromatic N) is 6. The number of aryl methyl sites for hydroxylation is 1. The summed E-state index contributed by atoms with van der Waals surface area (Å²) in [6.45, 7) is 9.39. The molecule has 1 amide bonds. The van der Waals surface area contributed by atoms with E-state index in [2.05, 4.69) is 60.9 Å². The fourth-order valence-electron chi connectivity index (χ4n) is 11.5. The lowest BCUT2D eigenvalue weighted by molar-refractivity contribution is -0.384. The Morgan fingerprint density at radius 3 is 2.57 bits per heavy atom. The highest BCUT2D eigenvalue weighted by Crippen LogP contribution is 2.54. The molecule has 18 heteroatoms. The van der Waals surface area contributed by atoms with E-state index in [9.17, 15) is 23.3 Å². The zero-order valence-corrected chi connectivity index (χ0v) is 38.6. The molecule has 3 N–H and O–H groups in total. The number of pyridine rings is 1. The highest BCUT2D eigenvalue weighted by molar-refractivity contribution is 7.90. The van der Waals surface area contributed by atoms with Crippen LogP contribution in [0.4, 0.5) is 28.4 Å². The van der Waals surface area contributed by atoms with Gasteiger partial charge in [0.15, 0.2) is 11.4 Å². The summed E-state index contributed by atoms with van der Waals surface area (Å²) in [7, 11) is -4.65. The van der Waals surface area contributed by atoms with Gasteiger partial charge >= 0.3 is 0 Å². The minimum atomic E-state index is -4.65. The van der Waals surface area contributed by atoms with Gasteiger partial charge in [0.05, 0.1) is 46.9 Å². The molecule has 4 fully saturated rings. The molecule has 7 heterocycles. The maximum absolute atomic E-state index is 14.5. The summed E-state index contributed by atoms with van der Waals surface area (Å²) >= 11 is 0. The van der Waals surface area contributed by atoms with Crippen LogP contribution in [-0.4, -0.2) is 123 Å². The number of benzene rings is 3. The molecule has 5 aromatic rings. The molecule has 2 atom stereocenters. The molecule has 0 unspecified atom stereocenters. The van der Waals surface area contributed by atoms with Crippen molar-refractivity contribution in [3.63, 3.8) is 0 Å². The van der Waals surface area contributed by atoms with E-state index in [-0.39, 0.29) is 29.6 Å². The predicted octanol–water partition coefficient (Wildman–Crippen LogP) is 6.91. The number of amides is 1. The number of ether oxygens (including phenoxy) is 3. The van der Waals surface area contributed by atoms with E-state index in [4.69, 9.17) is 19.2 Å². The van der Waals surface area contributed by atoms with Crippen molar-refractivity contribution in [3.8, 4) is 11.6 Å². The summed E-state index contributed by atoms with van der Waals surface area (Å²) in [4.78, 5) is 43.1. The Kier molecular flexibility index (Phi) is 11.5. The summed E-state index contributed by atoms with van der Waals surface area (Å²) in [5.74, 6) is -0.447. The van der Waals surface area contributed by atoms with Crippen LogP contribution in [0.2, 0.25) is 0 Å². The number of sulfonamides is 1. The average Bonchev–Trinajstić information content (AvgIpc) is 3.95. The van der Waals surface area contributed by atoms with Crippen LogP contribution in [0.5, 0.6) is 11.6 Å². The number of aromatic amines is 1. The van der Waals surface area contributed by atoms with Gasteiger partial charge in [0.25, 0.3) is 21.6 Å². The third-order valence-corrected chi connectivity index (χ3v) is 16.4. The second kappa shape index (κ2) is 17.6. The minimum absolute atomic E-state index is 0.0262. The molecule has 67 heavy (non-hydrogen) atoms. The lowest BCUT2D eigenvalue weighted by atomic mass is 9.59. The Morgan fingerprint density at radius 2 is 1.76 bits per heavy atom. The quantitative estimate of drug-likeness (QED) is 0.0969. The number of rotatable bonds is 10. The second-order valence-electron chi connectivity index (χ2n) is 19.2. The number of nitro benzene ring substituents is 1. The summed E-state index contributed by atoms with van der Waals surface area (Å²) in [6.07, 6.45) is 9.42. The maximum Gasteiger partial charge on any atom is 0.297 e. The molecule has 0 radical (unpaired) electrons. The van der Waals surface area contributed by atoms with Crippen molar-refractivity contribution < 1.29 is 32.3 Å². The number of aromatic nitrogens is 2. The molecule has 17 nitrogen and oxygen atoms in total. The van der Waals surface area contributed by atoms with Gasteiger partial charge in [0, 0.05) is 80.8 Å². The first kappa shape index (κ1) is 43.6. The van der Waals surface area contributed by atoms with Crippen molar-refractivity contribution in [2.24, 2.45) is 5.41 Å². The average molecular weight is 932 g/mol. The molecule has 352 valence electrons. The number of piperidine rings is 1. The van der Waals surface area contributed by atoms with E-state index < -0.39 is 31.4 Å². The van der Waals surface area contributed by atoms with Crippen LogP contribution in [-0.2, 0) is 14.8 Å².